The lowest BCUT2D eigenvalue weighted by Gasteiger charge is -2.30. The molecule has 1 aromatic rings. The molecule has 1 aromatic carbocycles. The minimum Gasteiger partial charge on any atom is -0.389 e. The van der Waals surface area contributed by atoms with Crippen molar-refractivity contribution in [1.29, 1.82) is 0 Å². The molecule has 0 saturated heterocycles. The van der Waals surface area contributed by atoms with Crippen LogP contribution in [0.2, 0.25) is 0 Å². The van der Waals surface area contributed by atoms with Crippen molar-refractivity contribution in [3.8, 4) is 0 Å². The third-order valence-corrected chi connectivity index (χ3v) is 3.47. The molecule has 0 heterocycles. The minimum absolute atomic E-state index is 0.137. The van der Waals surface area contributed by atoms with Crippen molar-refractivity contribution in [2.24, 2.45) is 0 Å². The van der Waals surface area contributed by atoms with Gasteiger partial charge in [0.2, 0.25) is 0 Å². The van der Waals surface area contributed by atoms with Crippen molar-refractivity contribution < 1.29 is 9.50 Å². The van der Waals surface area contributed by atoms with Crippen LogP contribution in [0.3, 0.4) is 0 Å². The summed E-state index contributed by atoms with van der Waals surface area (Å²) in [5.74, 6) is -0.233. The first kappa shape index (κ1) is 17.9. The quantitative estimate of drug-likeness (QED) is 0.771. The molecule has 0 aliphatic heterocycles. The zero-order valence-corrected chi connectivity index (χ0v) is 13.9. The molecule has 0 fully saturated rings. The van der Waals surface area contributed by atoms with Gasteiger partial charge in [-0.2, -0.15) is 0 Å². The van der Waals surface area contributed by atoms with Crippen LogP contribution < -0.4 is 10.2 Å². The SMILES string of the molecule is CCCNC(C)c1ccc(N(CC)CC(C)(C)O)c(F)c1. The lowest BCUT2D eigenvalue weighted by atomic mass is 10.1. The smallest absolute Gasteiger partial charge is 0.146 e. The van der Waals surface area contributed by atoms with Gasteiger partial charge in [0, 0.05) is 19.1 Å². The van der Waals surface area contributed by atoms with E-state index < -0.39 is 5.60 Å². The molecule has 120 valence electrons. The number of aliphatic hydroxyl groups is 1. The van der Waals surface area contributed by atoms with E-state index in [9.17, 15) is 9.50 Å². The van der Waals surface area contributed by atoms with E-state index in [1.807, 2.05) is 30.9 Å². The van der Waals surface area contributed by atoms with Crippen LogP contribution in [0.15, 0.2) is 18.2 Å². The maximum Gasteiger partial charge on any atom is 0.146 e. The van der Waals surface area contributed by atoms with Crippen molar-refractivity contribution >= 4 is 5.69 Å². The Kier molecular flexibility index (Phi) is 6.62. The number of halogens is 1. The van der Waals surface area contributed by atoms with Gasteiger partial charge in [-0.15, -0.1) is 0 Å². The van der Waals surface area contributed by atoms with Crippen LogP contribution in [0.4, 0.5) is 10.1 Å². The second kappa shape index (κ2) is 7.76. The third-order valence-electron chi connectivity index (χ3n) is 3.47. The molecule has 2 N–H and O–H groups in total. The summed E-state index contributed by atoms with van der Waals surface area (Å²) >= 11 is 0. The molecule has 0 saturated carbocycles. The maximum absolute atomic E-state index is 14.4. The highest BCUT2D eigenvalue weighted by atomic mass is 19.1. The minimum atomic E-state index is -0.850. The van der Waals surface area contributed by atoms with Crippen LogP contribution in [0.1, 0.15) is 52.6 Å². The molecular weight excluding hydrogens is 267 g/mol. The normalized spacial score (nSPS) is 13.3. The molecule has 1 atom stereocenters. The van der Waals surface area contributed by atoms with Crippen LogP contribution >= 0.6 is 0 Å². The first-order valence-corrected chi connectivity index (χ1v) is 7.78. The fourth-order valence-electron chi connectivity index (χ4n) is 2.36. The lowest BCUT2D eigenvalue weighted by molar-refractivity contribution is 0.0874. The highest BCUT2D eigenvalue weighted by molar-refractivity contribution is 5.49. The molecule has 0 radical (unpaired) electrons. The summed E-state index contributed by atoms with van der Waals surface area (Å²) in [6, 6.07) is 5.50. The third kappa shape index (κ3) is 5.64. The number of anilines is 1. The molecular formula is C17H29FN2O. The van der Waals surface area contributed by atoms with Gasteiger partial charge in [0.1, 0.15) is 5.82 Å². The maximum atomic E-state index is 14.4. The molecule has 0 aliphatic rings. The predicted octanol–water partition coefficient (Wildman–Crippen LogP) is 3.48. The molecule has 1 rings (SSSR count). The Labute approximate surface area is 128 Å². The predicted molar refractivity (Wildman–Crippen MR) is 87.3 cm³/mol. The Balaban J connectivity index is 2.90. The monoisotopic (exact) mass is 296 g/mol. The van der Waals surface area contributed by atoms with E-state index in [0.29, 0.717) is 18.8 Å². The van der Waals surface area contributed by atoms with Gasteiger partial charge in [0.25, 0.3) is 0 Å². The number of rotatable bonds is 8. The summed E-state index contributed by atoms with van der Waals surface area (Å²) in [6.07, 6.45) is 1.06. The Bertz CT molecular complexity index is 443. The van der Waals surface area contributed by atoms with Gasteiger partial charge in [0.15, 0.2) is 0 Å². The summed E-state index contributed by atoms with van der Waals surface area (Å²) in [5.41, 5.74) is 0.645. The summed E-state index contributed by atoms with van der Waals surface area (Å²) in [4.78, 5) is 1.86. The Morgan fingerprint density at radius 2 is 2.00 bits per heavy atom. The average molecular weight is 296 g/mol. The summed E-state index contributed by atoms with van der Waals surface area (Å²) in [7, 11) is 0. The highest BCUT2D eigenvalue weighted by Gasteiger charge is 2.20. The van der Waals surface area contributed by atoms with Crippen LogP contribution in [0.5, 0.6) is 0 Å². The number of benzene rings is 1. The van der Waals surface area contributed by atoms with Gasteiger partial charge in [-0.05, 0) is 58.4 Å². The second-order valence-corrected chi connectivity index (χ2v) is 6.21. The topological polar surface area (TPSA) is 35.5 Å². The van der Waals surface area contributed by atoms with Crippen molar-refractivity contribution in [2.45, 2.75) is 52.7 Å². The molecule has 21 heavy (non-hydrogen) atoms. The Morgan fingerprint density at radius 1 is 1.33 bits per heavy atom. The van der Waals surface area contributed by atoms with E-state index in [1.54, 1.807) is 19.9 Å². The Morgan fingerprint density at radius 3 is 2.48 bits per heavy atom. The van der Waals surface area contributed by atoms with E-state index in [0.717, 1.165) is 18.5 Å². The molecule has 4 heteroatoms. The molecule has 0 spiro atoms. The van der Waals surface area contributed by atoms with E-state index in [4.69, 9.17) is 0 Å². The molecule has 0 bridgehead atoms. The lowest BCUT2D eigenvalue weighted by Crippen LogP contribution is -2.39. The highest BCUT2D eigenvalue weighted by Crippen LogP contribution is 2.24. The van der Waals surface area contributed by atoms with Crippen LogP contribution in [-0.2, 0) is 0 Å². The van der Waals surface area contributed by atoms with Gasteiger partial charge in [-0.25, -0.2) is 4.39 Å². The van der Waals surface area contributed by atoms with Crippen molar-refractivity contribution in [3.63, 3.8) is 0 Å². The van der Waals surface area contributed by atoms with Gasteiger partial charge in [-0.3, -0.25) is 0 Å². The number of nitrogens with zero attached hydrogens (tertiary/aromatic N) is 1. The van der Waals surface area contributed by atoms with Gasteiger partial charge < -0.3 is 15.3 Å². The van der Waals surface area contributed by atoms with Crippen LogP contribution in [0.25, 0.3) is 0 Å². The zero-order chi connectivity index (χ0) is 16.0. The fraction of sp³-hybridized carbons (Fsp3) is 0.647. The first-order chi connectivity index (χ1) is 9.78. The van der Waals surface area contributed by atoms with Crippen LogP contribution in [0, 0.1) is 5.82 Å². The van der Waals surface area contributed by atoms with Crippen LogP contribution in [-0.4, -0.2) is 30.3 Å². The summed E-state index contributed by atoms with van der Waals surface area (Å²) in [6.45, 7) is 11.6. The second-order valence-electron chi connectivity index (χ2n) is 6.21. The Hall–Kier alpha value is -1.13. The van der Waals surface area contributed by atoms with Gasteiger partial charge in [0.05, 0.1) is 11.3 Å². The number of hydrogen-bond donors (Lipinski definition) is 2. The zero-order valence-electron chi connectivity index (χ0n) is 13.9. The average Bonchev–Trinajstić information content (AvgIpc) is 2.41. The van der Waals surface area contributed by atoms with Crippen molar-refractivity contribution in [3.05, 3.63) is 29.6 Å². The van der Waals surface area contributed by atoms with E-state index in [1.165, 1.54) is 0 Å². The molecule has 0 amide bonds. The number of nitrogens with one attached hydrogen (secondary N) is 1. The van der Waals surface area contributed by atoms with E-state index >= 15 is 0 Å². The molecule has 0 aliphatic carbocycles. The van der Waals surface area contributed by atoms with Crippen molar-refractivity contribution in [2.75, 3.05) is 24.5 Å². The standard InChI is InChI=1S/C17H29FN2O/c1-6-10-19-13(3)14-8-9-16(15(18)11-14)20(7-2)12-17(4,5)21/h8-9,11,13,19,21H,6-7,10,12H2,1-5H3. The van der Waals surface area contributed by atoms with Gasteiger partial charge in [-0.1, -0.05) is 13.0 Å². The van der Waals surface area contributed by atoms with E-state index in [-0.39, 0.29) is 11.9 Å². The number of likely N-dealkylation sites (N-methyl/N-ethyl adjacent to an activating group) is 1. The van der Waals surface area contributed by atoms with E-state index in [2.05, 4.69) is 12.2 Å². The molecule has 3 nitrogen and oxygen atoms in total. The van der Waals surface area contributed by atoms with Crippen molar-refractivity contribution in [1.82, 2.24) is 5.32 Å². The van der Waals surface area contributed by atoms with Gasteiger partial charge >= 0.3 is 0 Å². The molecule has 0 aromatic heterocycles. The number of hydrogen-bond acceptors (Lipinski definition) is 3. The summed E-state index contributed by atoms with van der Waals surface area (Å²) in [5, 5.41) is 13.3. The fourth-order valence-corrected chi connectivity index (χ4v) is 2.36. The largest absolute Gasteiger partial charge is 0.389 e. The first-order valence-electron chi connectivity index (χ1n) is 7.78. The molecule has 1 unspecified atom stereocenters. The summed E-state index contributed by atoms with van der Waals surface area (Å²) < 4.78 is 14.4.